The summed E-state index contributed by atoms with van der Waals surface area (Å²) in [6, 6.07) is 4.76. The zero-order chi connectivity index (χ0) is 13.3. The lowest BCUT2D eigenvalue weighted by molar-refractivity contribution is -0.146. The molecule has 0 aliphatic rings. The summed E-state index contributed by atoms with van der Waals surface area (Å²) in [4.78, 5) is 3.63. The Morgan fingerprint density at radius 3 is 2.67 bits per heavy atom. The summed E-state index contributed by atoms with van der Waals surface area (Å²) in [5, 5.41) is 0. The van der Waals surface area contributed by atoms with Gasteiger partial charge in [0, 0.05) is 13.1 Å². The molecule has 98 valence electrons. The number of alkyl halides is 3. The number of aromatic nitrogens is 2. The summed E-state index contributed by atoms with van der Waals surface area (Å²) in [5.74, 6) is -0.638. The Bertz CT molecular complexity index is 562. The Kier molecular flexibility index (Phi) is 3.16. The van der Waals surface area contributed by atoms with Crippen LogP contribution in [0, 0.1) is 0 Å². The van der Waals surface area contributed by atoms with Crippen LogP contribution in [0.2, 0.25) is 0 Å². The zero-order valence-corrected chi connectivity index (χ0v) is 9.66. The minimum atomic E-state index is -4.51. The van der Waals surface area contributed by atoms with Crippen LogP contribution in [0.25, 0.3) is 11.0 Å². The minimum Gasteiger partial charge on any atom is -0.494 e. The first-order valence-corrected chi connectivity index (χ1v) is 5.29. The van der Waals surface area contributed by atoms with Gasteiger partial charge in [0.05, 0.1) is 12.6 Å². The molecule has 1 heterocycles. The van der Waals surface area contributed by atoms with E-state index in [4.69, 9.17) is 10.5 Å². The van der Waals surface area contributed by atoms with Crippen LogP contribution in [0.4, 0.5) is 13.2 Å². The SMILES string of the molecule is COc1cccc2c1nc(C(F)(F)F)n2CCN. The molecule has 0 saturated heterocycles. The maximum atomic E-state index is 12.9. The number of nitrogens with zero attached hydrogens (tertiary/aromatic N) is 2. The van der Waals surface area contributed by atoms with Gasteiger partial charge in [0.15, 0.2) is 0 Å². The van der Waals surface area contributed by atoms with Crippen molar-refractivity contribution in [2.24, 2.45) is 5.73 Å². The van der Waals surface area contributed by atoms with Crippen LogP contribution in [-0.2, 0) is 12.7 Å². The van der Waals surface area contributed by atoms with E-state index < -0.39 is 12.0 Å². The molecule has 1 aromatic carbocycles. The van der Waals surface area contributed by atoms with Gasteiger partial charge in [0.25, 0.3) is 0 Å². The second-order valence-electron chi connectivity index (χ2n) is 3.70. The van der Waals surface area contributed by atoms with Gasteiger partial charge in [0.1, 0.15) is 11.3 Å². The van der Waals surface area contributed by atoms with Crippen LogP contribution in [0.5, 0.6) is 5.75 Å². The third kappa shape index (κ3) is 2.01. The number of fused-ring (bicyclic) bond motifs is 1. The number of nitrogens with two attached hydrogens (primary N) is 1. The number of hydrogen-bond acceptors (Lipinski definition) is 3. The van der Waals surface area contributed by atoms with Crippen molar-refractivity contribution in [2.45, 2.75) is 12.7 Å². The van der Waals surface area contributed by atoms with Gasteiger partial charge in [-0.3, -0.25) is 0 Å². The van der Waals surface area contributed by atoms with Crippen molar-refractivity contribution >= 4 is 11.0 Å². The monoisotopic (exact) mass is 259 g/mol. The Morgan fingerprint density at radius 2 is 2.11 bits per heavy atom. The van der Waals surface area contributed by atoms with Gasteiger partial charge in [-0.1, -0.05) is 6.07 Å². The number of rotatable bonds is 3. The third-order valence-corrected chi connectivity index (χ3v) is 2.57. The van der Waals surface area contributed by atoms with Gasteiger partial charge in [-0.25, -0.2) is 4.98 Å². The van der Waals surface area contributed by atoms with Crippen molar-refractivity contribution in [3.63, 3.8) is 0 Å². The van der Waals surface area contributed by atoms with E-state index >= 15 is 0 Å². The van der Waals surface area contributed by atoms with E-state index in [1.165, 1.54) is 7.11 Å². The Balaban J connectivity index is 2.74. The van der Waals surface area contributed by atoms with Crippen LogP contribution < -0.4 is 10.5 Å². The molecule has 18 heavy (non-hydrogen) atoms. The Morgan fingerprint density at radius 1 is 1.39 bits per heavy atom. The Hall–Kier alpha value is -1.76. The summed E-state index contributed by atoms with van der Waals surface area (Å²) in [5.41, 5.74) is 5.91. The van der Waals surface area contributed by atoms with Crippen molar-refractivity contribution in [2.75, 3.05) is 13.7 Å². The molecule has 0 aliphatic heterocycles. The average Bonchev–Trinajstić information content (AvgIpc) is 2.68. The molecule has 0 spiro atoms. The van der Waals surface area contributed by atoms with E-state index in [0.717, 1.165) is 4.57 Å². The molecular weight excluding hydrogens is 247 g/mol. The van der Waals surface area contributed by atoms with Crippen molar-refractivity contribution < 1.29 is 17.9 Å². The summed E-state index contributed by atoms with van der Waals surface area (Å²) in [6.45, 7) is 0.157. The van der Waals surface area contributed by atoms with E-state index in [1.54, 1.807) is 18.2 Å². The number of benzene rings is 1. The fourth-order valence-corrected chi connectivity index (χ4v) is 1.86. The first-order valence-electron chi connectivity index (χ1n) is 5.29. The number of halogens is 3. The van der Waals surface area contributed by atoms with E-state index in [-0.39, 0.29) is 18.6 Å². The van der Waals surface area contributed by atoms with E-state index in [2.05, 4.69) is 4.98 Å². The van der Waals surface area contributed by atoms with Gasteiger partial charge in [-0.2, -0.15) is 13.2 Å². The lowest BCUT2D eigenvalue weighted by atomic mass is 10.3. The molecular formula is C11H12F3N3O. The van der Waals surface area contributed by atoms with Gasteiger partial charge >= 0.3 is 6.18 Å². The molecule has 0 aliphatic carbocycles. The molecule has 2 rings (SSSR count). The fourth-order valence-electron chi connectivity index (χ4n) is 1.86. The lowest BCUT2D eigenvalue weighted by Gasteiger charge is -2.09. The number of methoxy groups -OCH3 is 1. The quantitative estimate of drug-likeness (QED) is 0.917. The van der Waals surface area contributed by atoms with E-state index in [0.29, 0.717) is 11.3 Å². The maximum Gasteiger partial charge on any atom is 0.449 e. The van der Waals surface area contributed by atoms with Crippen molar-refractivity contribution in [1.82, 2.24) is 9.55 Å². The summed E-state index contributed by atoms with van der Waals surface area (Å²) < 4.78 is 44.7. The molecule has 0 saturated carbocycles. The second-order valence-corrected chi connectivity index (χ2v) is 3.70. The maximum absolute atomic E-state index is 12.9. The zero-order valence-electron chi connectivity index (χ0n) is 9.66. The first kappa shape index (κ1) is 12.7. The predicted molar refractivity (Wildman–Crippen MR) is 60.3 cm³/mol. The Labute approximate surface area is 101 Å². The van der Waals surface area contributed by atoms with Gasteiger partial charge < -0.3 is 15.0 Å². The molecule has 1 aromatic heterocycles. The fraction of sp³-hybridized carbons (Fsp3) is 0.364. The predicted octanol–water partition coefficient (Wildman–Crippen LogP) is 2.02. The van der Waals surface area contributed by atoms with Gasteiger partial charge in [-0.05, 0) is 12.1 Å². The van der Waals surface area contributed by atoms with E-state index in [9.17, 15) is 13.2 Å². The molecule has 0 bridgehead atoms. The highest BCUT2D eigenvalue weighted by Gasteiger charge is 2.37. The van der Waals surface area contributed by atoms with Crippen LogP contribution in [-0.4, -0.2) is 23.2 Å². The summed E-state index contributed by atoms with van der Waals surface area (Å²) >= 11 is 0. The third-order valence-electron chi connectivity index (χ3n) is 2.57. The molecule has 2 aromatic rings. The number of imidazole rings is 1. The van der Waals surface area contributed by atoms with Crippen LogP contribution in [0.3, 0.4) is 0 Å². The average molecular weight is 259 g/mol. The molecule has 0 atom stereocenters. The van der Waals surface area contributed by atoms with Crippen LogP contribution in [0.15, 0.2) is 18.2 Å². The highest BCUT2D eigenvalue weighted by atomic mass is 19.4. The van der Waals surface area contributed by atoms with Crippen LogP contribution in [0.1, 0.15) is 5.82 Å². The molecule has 0 fully saturated rings. The molecule has 0 unspecified atom stereocenters. The van der Waals surface area contributed by atoms with Crippen LogP contribution >= 0.6 is 0 Å². The van der Waals surface area contributed by atoms with E-state index in [1.807, 2.05) is 0 Å². The first-order chi connectivity index (χ1) is 8.49. The molecule has 0 amide bonds. The summed E-state index contributed by atoms with van der Waals surface area (Å²) in [6.07, 6.45) is -4.51. The topological polar surface area (TPSA) is 53.1 Å². The van der Waals surface area contributed by atoms with Gasteiger partial charge in [0.2, 0.25) is 5.82 Å². The minimum absolute atomic E-state index is 0.0541. The number of ether oxygens (including phenoxy) is 1. The summed E-state index contributed by atoms with van der Waals surface area (Å²) in [7, 11) is 1.39. The van der Waals surface area contributed by atoms with Crippen molar-refractivity contribution in [3.05, 3.63) is 24.0 Å². The largest absolute Gasteiger partial charge is 0.494 e. The molecule has 0 radical (unpaired) electrons. The standard InChI is InChI=1S/C11H12F3N3O/c1-18-8-4-2-3-7-9(8)16-10(11(12,13)14)17(7)6-5-15/h2-4H,5-6,15H2,1H3. The number of para-hydroxylation sites is 1. The lowest BCUT2D eigenvalue weighted by Crippen LogP contribution is -2.18. The van der Waals surface area contributed by atoms with Crippen molar-refractivity contribution in [3.8, 4) is 5.75 Å². The highest BCUT2D eigenvalue weighted by molar-refractivity contribution is 5.82. The number of hydrogen-bond donors (Lipinski definition) is 1. The van der Waals surface area contributed by atoms with Crippen molar-refractivity contribution in [1.29, 1.82) is 0 Å². The second kappa shape index (κ2) is 4.49. The normalized spacial score (nSPS) is 12.1. The van der Waals surface area contributed by atoms with Gasteiger partial charge in [-0.15, -0.1) is 0 Å². The smallest absolute Gasteiger partial charge is 0.449 e. The molecule has 4 nitrogen and oxygen atoms in total. The molecule has 7 heteroatoms. The highest BCUT2D eigenvalue weighted by Crippen LogP contribution is 2.34. The molecule has 2 N–H and O–H groups in total.